The van der Waals surface area contributed by atoms with Gasteiger partial charge >= 0.3 is 0 Å². The van der Waals surface area contributed by atoms with Gasteiger partial charge in [-0.2, -0.15) is 0 Å². The molecule has 5 nitrogen and oxygen atoms in total. The molecule has 1 heterocycles. The molecular formula is C16H16N2O3. The predicted octanol–water partition coefficient (Wildman–Crippen LogP) is 3.46. The highest BCUT2D eigenvalue weighted by Gasteiger charge is 2.27. The van der Waals surface area contributed by atoms with Crippen LogP contribution in [-0.4, -0.2) is 15.3 Å². The van der Waals surface area contributed by atoms with Crippen LogP contribution in [0.4, 0.5) is 5.69 Å². The van der Waals surface area contributed by atoms with Crippen molar-refractivity contribution in [1.82, 2.24) is 4.57 Å². The van der Waals surface area contributed by atoms with E-state index in [4.69, 9.17) is 0 Å². The number of carbonyl (C=O) groups excluding carboxylic acids is 1. The van der Waals surface area contributed by atoms with E-state index in [1.807, 2.05) is 23.6 Å². The second-order valence-corrected chi connectivity index (χ2v) is 5.70. The van der Waals surface area contributed by atoms with E-state index in [0.29, 0.717) is 12.3 Å². The number of benzene rings is 1. The molecule has 21 heavy (non-hydrogen) atoms. The number of nitrogens with zero attached hydrogens (tertiary/aromatic N) is 2. The van der Waals surface area contributed by atoms with E-state index in [-0.39, 0.29) is 11.5 Å². The van der Waals surface area contributed by atoms with Crippen LogP contribution in [0.5, 0.6) is 0 Å². The number of fused-ring (bicyclic) bond motifs is 1. The van der Waals surface area contributed by atoms with Crippen molar-refractivity contribution < 1.29 is 9.72 Å². The van der Waals surface area contributed by atoms with Crippen LogP contribution in [0.15, 0.2) is 30.3 Å². The summed E-state index contributed by atoms with van der Waals surface area (Å²) < 4.78 is 1.97. The fourth-order valence-corrected chi connectivity index (χ4v) is 3.07. The fourth-order valence-electron chi connectivity index (χ4n) is 3.07. The molecule has 0 N–H and O–H groups in total. The lowest BCUT2D eigenvalue weighted by molar-refractivity contribution is -0.384. The molecule has 1 aliphatic rings. The van der Waals surface area contributed by atoms with Gasteiger partial charge in [0.15, 0.2) is 5.78 Å². The van der Waals surface area contributed by atoms with Crippen molar-refractivity contribution in [2.24, 2.45) is 5.92 Å². The van der Waals surface area contributed by atoms with Crippen molar-refractivity contribution in [3.63, 3.8) is 0 Å². The first kappa shape index (κ1) is 13.5. The minimum Gasteiger partial charge on any atom is -0.317 e. The maximum absolute atomic E-state index is 12.1. The van der Waals surface area contributed by atoms with Gasteiger partial charge in [0.25, 0.3) is 5.69 Å². The third kappa shape index (κ3) is 2.24. The topological polar surface area (TPSA) is 65.1 Å². The Kier molecular flexibility index (Phi) is 3.12. The Morgan fingerprint density at radius 1 is 1.29 bits per heavy atom. The lowest BCUT2D eigenvalue weighted by Gasteiger charge is -2.20. The van der Waals surface area contributed by atoms with Crippen molar-refractivity contribution >= 4 is 11.5 Å². The average Bonchev–Trinajstić information content (AvgIpc) is 2.75. The van der Waals surface area contributed by atoms with Crippen molar-refractivity contribution in [1.29, 1.82) is 0 Å². The fraction of sp³-hybridized carbons (Fsp3) is 0.312. The molecule has 0 amide bonds. The summed E-state index contributed by atoms with van der Waals surface area (Å²) in [5, 5.41) is 10.9. The molecule has 1 aromatic carbocycles. The maximum atomic E-state index is 12.1. The van der Waals surface area contributed by atoms with Crippen molar-refractivity contribution in [2.75, 3.05) is 0 Å². The zero-order valence-electron chi connectivity index (χ0n) is 12.0. The molecule has 2 aromatic rings. The minimum atomic E-state index is -0.400. The number of ketones is 1. The highest BCUT2D eigenvalue weighted by atomic mass is 16.6. The first-order chi connectivity index (χ1) is 9.97. The number of hydrogen-bond acceptors (Lipinski definition) is 3. The van der Waals surface area contributed by atoms with Gasteiger partial charge in [-0.1, -0.05) is 13.0 Å². The van der Waals surface area contributed by atoms with E-state index in [2.05, 4.69) is 6.92 Å². The summed E-state index contributed by atoms with van der Waals surface area (Å²) in [7, 11) is 0. The summed E-state index contributed by atoms with van der Waals surface area (Å²) in [6.07, 6.45) is 1.39. The van der Waals surface area contributed by atoms with Crippen LogP contribution in [0.25, 0.3) is 5.69 Å². The number of carbonyl (C=O) groups is 1. The molecule has 0 fully saturated rings. The lowest BCUT2D eigenvalue weighted by atomic mass is 9.88. The van der Waals surface area contributed by atoms with Crippen molar-refractivity contribution in [2.45, 2.75) is 26.7 Å². The van der Waals surface area contributed by atoms with E-state index in [1.165, 1.54) is 6.07 Å². The molecular weight excluding hydrogens is 268 g/mol. The summed E-state index contributed by atoms with van der Waals surface area (Å²) in [5.41, 5.74) is 3.46. The smallest absolute Gasteiger partial charge is 0.271 e. The first-order valence-corrected chi connectivity index (χ1v) is 6.96. The van der Waals surface area contributed by atoms with Crippen LogP contribution in [-0.2, 0) is 6.42 Å². The van der Waals surface area contributed by atoms with Crippen LogP contribution < -0.4 is 0 Å². The summed E-state index contributed by atoms with van der Waals surface area (Å²) in [5.74, 6) is 0.466. The van der Waals surface area contributed by atoms with Gasteiger partial charge in [-0.3, -0.25) is 14.9 Å². The summed E-state index contributed by atoms with van der Waals surface area (Å²) in [4.78, 5) is 22.7. The number of nitro benzene ring substituents is 1. The van der Waals surface area contributed by atoms with Crippen LogP contribution in [0, 0.1) is 23.0 Å². The Balaban J connectivity index is 2.18. The first-order valence-electron chi connectivity index (χ1n) is 6.96. The third-order valence-corrected chi connectivity index (χ3v) is 3.96. The monoisotopic (exact) mass is 284 g/mol. The number of hydrogen-bond donors (Lipinski definition) is 0. The quantitative estimate of drug-likeness (QED) is 0.626. The van der Waals surface area contributed by atoms with Gasteiger partial charge in [-0.25, -0.2) is 0 Å². The molecule has 0 unspecified atom stereocenters. The van der Waals surface area contributed by atoms with Gasteiger partial charge < -0.3 is 4.57 Å². The molecule has 1 atom stereocenters. The lowest BCUT2D eigenvalue weighted by Crippen LogP contribution is -2.19. The molecule has 5 heteroatoms. The van der Waals surface area contributed by atoms with Crippen LogP contribution >= 0.6 is 0 Å². The van der Waals surface area contributed by atoms with Crippen LogP contribution in [0.1, 0.15) is 35.1 Å². The van der Waals surface area contributed by atoms with Gasteiger partial charge in [0.1, 0.15) is 0 Å². The van der Waals surface area contributed by atoms with E-state index < -0.39 is 4.92 Å². The van der Waals surface area contributed by atoms with Gasteiger partial charge in [-0.05, 0) is 31.4 Å². The molecule has 0 spiro atoms. The van der Waals surface area contributed by atoms with Crippen LogP contribution in [0.2, 0.25) is 0 Å². The molecule has 3 rings (SSSR count). The van der Waals surface area contributed by atoms with E-state index >= 15 is 0 Å². The third-order valence-electron chi connectivity index (χ3n) is 3.96. The van der Waals surface area contributed by atoms with Gasteiger partial charge in [0.05, 0.1) is 10.6 Å². The molecule has 0 bridgehead atoms. The molecule has 0 saturated heterocycles. The normalized spacial score (nSPS) is 17.6. The van der Waals surface area contributed by atoms with E-state index in [0.717, 1.165) is 29.1 Å². The Hall–Kier alpha value is -2.43. The minimum absolute atomic E-state index is 0.0598. The van der Waals surface area contributed by atoms with Gasteiger partial charge in [-0.15, -0.1) is 0 Å². The largest absolute Gasteiger partial charge is 0.317 e. The summed E-state index contributed by atoms with van der Waals surface area (Å²) >= 11 is 0. The second kappa shape index (κ2) is 4.84. The molecule has 1 aliphatic carbocycles. The zero-order chi connectivity index (χ0) is 15.1. The van der Waals surface area contributed by atoms with Crippen molar-refractivity contribution in [3.05, 3.63) is 57.4 Å². The zero-order valence-corrected chi connectivity index (χ0v) is 12.0. The number of aryl methyl sites for hydroxylation is 1. The van der Waals surface area contributed by atoms with E-state index in [9.17, 15) is 14.9 Å². The van der Waals surface area contributed by atoms with Crippen LogP contribution in [0.3, 0.4) is 0 Å². The molecule has 0 aliphatic heterocycles. The van der Waals surface area contributed by atoms with Crippen molar-refractivity contribution in [3.8, 4) is 5.69 Å². The standard InChI is InChI=1S/C16H16N2O3/c1-10-6-15-14(16(19)7-10)8-11(2)17(15)12-4-3-5-13(9-12)18(20)21/h3-5,8-10H,6-7H2,1-2H3/t10-/m0/s1. The van der Waals surface area contributed by atoms with Gasteiger partial charge in [0.2, 0.25) is 0 Å². The SMILES string of the molecule is Cc1cc2c(n1-c1cccc([N+](=O)[O-])c1)C[C@H](C)CC2=O. The summed E-state index contributed by atoms with van der Waals surface area (Å²) in [6.45, 7) is 3.98. The average molecular weight is 284 g/mol. The number of nitro groups is 1. The number of Topliss-reactive ketones (excluding diaryl/α,β-unsaturated/α-hetero) is 1. The molecule has 1 aromatic heterocycles. The second-order valence-electron chi connectivity index (χ2n) is 5.70. The Morgan fingerprint density at radius 2 is 2.05 bits per heavy atom. The maximum Gasteiger partial charge on any atom is 0.271 e. The number of non-ortho nitro benzene ring substituents is 1. The molecule has 108 valence electrons. The molecule has 0 radical (unpaired) electrons. The summed E-state index contributed by atoms with van der Waals surface area (Å²) in [6, 6.07) is 8.43. The predicted molar refractivity (Wildman–Crippen MR) is 79.0 cm³/mol. The Bertz CT molecular complexity index is 746. The Labute approximate surface area is 122 Å². The number of rotatable bonds is 2. The molecule has 0 saturated carbocycles. The highest BCUT2D eigenvalue weighted by molar-refractivity contribution is 5.99. The van der Waals surface area contributed by atoms with E-state index in [1.54, 1.807) is 12.1 Å². The highest BCUT2D eigenvalue weighted by Crippen LogP contribution is 2.31. The number of aromatic nitrogens is 1. The Morgan fingerprint density at radius 3 is 2.76 bits per heavy atom. The van der Waals surface area contributed by atoms with Gasteiger partial charge in [0, 0.05) is 35.5 Å².